The Hall–Kier alpha value is -1.26. The third-order valence-corrected chi connectivity index (χ3v) is 2.60. The van der Waals surface area contributed by atoms with Crippen molar-refractivity contribution in [2.75, 3.05) is 20.3 Å². The van der Waals surface area contributed by atoms with Crippen LogP contribution >= 0.6 is 12.4 Å². The highest BCUT2D eigenvalue weighted by Crippen LogP contribution is 2.36. The summed E-state index contributed by atoms with van der Waals surface area (Å²) in [5.41, 5.74) is 7.09. The number of benzene rings is 1. The molecule has 0 unspecified atom stereocenters. The van der Waals surface area contributed by atoms with E-state index in [4.69, 9.17) is 10.5 Å². The Morgan fingerprint density at radius 1 is 1.62 bits per heavy atom. The molecule has 0 aliphatic carbocycles. The predicted octanol–water partition coefficient (Wildman–Crippen LogP) is 1.33. The highest BCUT2D eigenvalue weighted by Gasteiger charge is 2.27. The zero-order chi connectivity index (χ0) is 10.8. The van der Waals surface area contributed by atoms with Crippen molar-refractivity contribution in [2.24, 2.45) is 5.73 Å². The number of ether oxygens (including phenoxy) is 2. The molecule has 0 aromatic heterocycles. The highest BCUT2D eigenvalue weighted by molar-refractivity contribution is 5.93. The van der Waals surface area contributed by atoms with Crippen LogP contribution in [-0.4, -0.2) is 26.2 Å². The van der Waals surface area contributed by atoms with E-state index in [1.165, 1.54) is 7.11 Å². The molecule has 1 aromatic rings. The second-order valence-corrected chi connectivity index (χ2v) is 3.46. The van der Waals surface area contributed by atoms with Gasteiger partial charge in [0, 0.05) is 18.0 Å². The lowest BCUT2D eigenvalue weighted by Gasteiger charge is -2.06. The van der Waals surface area contributed by atoms with Gasteiger partial charge in [0.15, 0.2) is 0 Å². The molecule has 0 amide bonds. The van der Waals surface area contributed by atoms with Gasteiger partial charge in [-0.1, -0.05) is 12.1 Å². The van der Waals surface area contributed by atoms with E-state index < -0.39 is 0 Å². The fourth-order valence-corrected chi connectivity index (χ4v) is 1.78. The number of para-hydroxylation sites is 1. The smallest absolute Gasteiger partial charge is 0.341 e. The Labute approximate surface area is 100 Å². The van der Waals surface area contributed by atoms with Gasteiger partial charge in [-0.25, -0.2) is 4.79 Å². The number of esters is 1. The second kappa shape index (κ2) is 5.18. The van der Waals surface area contributed by atoms with E-state index in [-0.39, 0.29) is 24.3 Å². The summed E-state index contributed by atoms with van der Waals surface area (Å²) in [5.74, 6) is 0.439. The molecule has 2 N–H and O–H groups in total. The topological polar surface area (TPSA) is 61.5 Å². The molecular weight excluding hydrogens is 230 g/mol. The van der Waals surface area contributed by atoms with E-state index >= 15 is 0 Å². The molecule has 1 heterocycles. The lowest BCUT2D eigenvalue weighted by atomic mass is 9.99. The van der Waals surface area contributed by atoms with Crippen LogP contribution in [0.25, 0.3) is 0 Å². The minimum atomic E-state index is -0.371. The van der Waals surface area contributed by atoms with E-state index in [2.05, 4.69) is 4.74 Å². The Morgan fingerprint density at radius 2 is 2.38 bits per heavy atom. The average molecular weight is 244 g/mol. The van der Waals surface area contributed by atoms with Crippen molar-refractivity contribution < 1.29 is 14.3 Å². The lowest BCUT2D eigenvalue weighted by Crippen LogP contribution is -2.13. The molecule has 5 heteroatoms. The van der Waals surface area contributed by atoms with Crippen molar-refractivity contribution in [1.82, 2.24) is 0 Å². The summed E-state index contributed by atoms with van der Waals surface area (Å²) in [6.07, 6.45) is 0. The first kappa shape index (κ1) is 12.8. The molecule has 16 heavy (non-hydrogen) atoms. The molecule has 1 atom stereocenters. The summed E-state index contributed by atoms with van der Waals surface area (Å²) in [6, 6.07) is 5.46. The van der Waals surface area contributed by atoms with Gasteiger partial charge in [-0.05, 0) is 6.07 Å². The SMILES string of the molecule is COC(=O)c1cccc2c1OC[C@H]2CN.Cl. The second-order valence-electron chi connectivity index (χ2n) is 3.46. The number of carbonyl (C=O) groups excluding carboxylic acids is 1. The molecule has 0 saturated carbocycles. The molecule has 0 fully saturated rings. The van der Waals surface area contributed by atoms with Crippen molar-refractivity contribution in [3.63, 3.8) is 0 Å². The Kier molecular flexibility index (Phi) is 4.15. The van der Waals surface area contributed by atoms with Crippen molar-refractivity contribution in [3.8, 4) is 5.75 Å². The maximum absolute atomic E-state index is 11.4. The standard InChI is InChI=1S/C11H13NO3.ClH/c1-14-11(13)9-4-2-3-8-7(5-12)6-15-10(8)9;/h2-4,7H,5-6,12H2,1H3;1H/t7-;/m1./s1. The van der Waals surface area contributed by atoms with E-state index in [1.807, 2.05) is 12.1 Å². The normalized spacial score (nSPS) is 17.0. The van der Waals surface area contributed by atoms with Crippen LogP contribution in [0.5, 0.6) is 5.75 Å². The highest BCUT2D eigenvalue weighted by atomic mass is 35.5. The summed E-state index contributed by atoms with van der Waals surface area (Å²) < 4.78 is 10.2. The molecule has 0 bridgehead atoms. The van der Waals surface area contributed by atoms with Crippen LogP contribution in [0, 0.1) is 0 Å². The van der Waals surface area contributed by atoms with Crippen LogP contribution in [0.15, 0.2) is 18.2 Å². The molecule has 1 aromatic carbocycles. The molecule has 0 radical (unpaired) electrons. The lowest BCUT2D eigenvalue weighted by molar-refractivity contribution is 0.0597. The molecule has 88 valence electrons. The van der Waals surface area contributed by atoms with Gasteiger partial charge >= 0.3 is 5.97 Å². The van der Waals surface area contributed by atoms with E-state index in [9.17, 15) is 4.79 Å². The zero-order valence-electron chi connectivity index (χ0n) is 8.93. The number of hydrogen-bond donors (Lipinski definition) is 1. The third kappa shape index (κ3) is 1.99. The number of carbonyl (C=O) groups is 1. The summed E-state index contributed by atoms with van der Waals surface area (Å²) >= 11 is 0. The summed E-state index contributed by atoms with van der Waals surface area (Å²) in [4.78, 5) is 11.4. The van der Waals surface area contributed by atoms with E-state index in [1.54, 1.807) is 6.07 Å². The van der Waals surface area contributed by atoms with Crippen LogP contribution in [0.1, 0.15) is 21.8 Å². The van der Waals surface area contributed by atoms with Gasteiger partial charge < -0.3 is 15.2 Å². The Balaban J connectivity index is 0.00000128. The minimum absolute atomic E-state index is 0. The van der Waals surface area contributed by atoms with Gasteiger partial charge in [0.1, 0.15) is 11.3 Å². The van der Waals surface area contributed by atoms with Crippen molar-refractivity contribution in [2.45, 2.75) is 5.92 Å². The van der Waals surface area contributed by atoms with Crippen LogP contribution in [-0.2, 0) is 4.74 Å². The average Bonchev–Trinajstić information content (AvgIpc) is 2.70. The fraction of sp³-hybridized carbons (Fsp3) is 0.364. The van der Waals surface area contributed by atoms with E-state index in [0.717, 1.165) is 5.56 Å². The van der Waals surface area contributed by atoms with Crippen LogP contribution in [0.2, 0.25) is 0 Å². The molecule has 0 spiro atoms. The summed E-state index contributed by atoms with van der Waals surface area (Å²) in [6.45, 7) is 1.07. The first-order chi connectivity index (χ1) is 7.27. The Morgan fingerprint density at radius 3 is 3.00 bits per heavy atom. The molecule has 4 nitrogen and oxygen atoms in total. The molecule has 2 rings (SSSR count). The largest absolute Gasteiger partial charge is 0.492 e. The van der Waals surface area contributed by atoms with Gasteiger partial charge in [-0.2, -0.15) is 0 Å². The fourth-order valence-electron chi connectivity index (χ4n) is 1.78. The zero-order valence-corrected chi connectivity index (χ0v) is 9.75. The van der Waals surface area contributed by atoms with Gasteiger partial charge in [-0.15, -0.1) is 12.4 Å². The monoisotopic (exact) mass is 243 g/mol. The molecular formula is C11H14ClNO3. The number of fused-ring (bicyclic) bond motifs is 1. The molecule has 0 saturated heterocycles. The molecule has 1 aliphatic heterocycles. The number of halogens is 1. The number of hydrogen-bond acceptors (Lipinski definition) is 4. The summed E-state index contributed by atoms with van der Waals surface area (Å²) in [7, 11) is 1.36. The first-order valence-corrected chi connectivity index (χ1v) is 4.82. The van der Waals surface area contributed by atoms with Gasteiger partial charge in [0.05, 0.1) is 13.7 Å². The number of rotatable bonds is 2. The number of methoxy groups -OCH3 is 1. The minimum Gasteiger partial charge on any atom is -0.492 e. The number of nitrogens with two attached hydrogens (primary N) is 1. The van der Waals surface area contributed by atoms with Crippen LogP contribution < -0.4 is 10.5 Å². The van der Waals surface area contributed by atoms with E-state index in [0.29, 0.717) is 24.5 Å². The predicted molar refractivity (Wildman–Crippen MR) is 62.3 cm³/mol. The summed E-state index contributed by atoms with van der Waals surface area (Å²) in [5, 5.41) is 0. The van der Waals surface area contributed by atoms with Gasteiger partial charge in [0.2, 0.25) is 0 Å². The van der Waals surface area contributed by atoms with Crippen LogP contribution in [0.3, 0.4) is 0 Å². The van der Waals surface area contributed by atoms with Gasteiger partial charge in [-0.3, -0.25) is 0 Å². The Bertz CT molecular complexity index is 395. The first-order valence-electron chi connectivity index (χ1n) is 4.82. The van der Waals surface area contributed by atoms with Crippen molar-refractivity contribution >= 4 is 18.4 Å². The van der Waals surface area contributed by atoms with Crippen LogP contribution in [0.4, 0.5) is 0 Å². The van der Waals surface area contributed by atoms with Crippen molar-refractivity contribution in [1.29, 1.82) is 0 Å². The quantitative estimate of drug-likeness (QED) is 0.796. The van der Waals surface area contributed by atoms with Gasteiger partial charge in [0.25, 0.3) is 0 Å². The molecule has 1 aliphatic rings. The maximum Gasteiger partial charge on any atom is 0.341 e. The van der Waals surface area contributed by atoms with Crippen molar-refractivity contribution in [3.05, 3.63) is 29.3 Å². The maximum atomic E-state index is 11.4. The third-order valence-electron chi connectivity index (χ3n) is 2.60.